The van der Waals surface area contributed by atoms with Crippen LogP contribution >= 0.6 is 0 Å². The number of piperazine rings is 1. The summed E-state index contributed by atoms with van der Waals surface area (Å²) in [6.45, 7) is 7.81. The summed E-state index contributed by atoms with van der Waals surface area (Å²) in [5.74, 6) is 1.80. The standard InChI is InChI=1S/C13H24N4/c1-10(2)6-11-8-15-13(16-11)7-12-9-17(3)5-4-14-12/h8,10,12,14H,4-7,9H2,1-3H3,(H,15,16). The Kier molecular flexibility index (Phi) is 4.18. The van der Waals surface area contributed by atoms with E-state index in [-0.39, 0.29) is 0 Å². The van der Waals surface area contributed by atoms with Crippen molar-refractivity contribution < 1.29 is 0 Å². The van der Waals surface area contributed by atoms with Gasteiger partial charge in [0.25, 0.3) is 0 Å². The van der Waals surface area contributed by atoms with Gasteiger partial charge in [-0.15, -0.1) is 0 Å². The van der Waals surface area contributed by atoms with Crippen molar-refractivity contribution in [1.29, 1.82) is 0 Å². The molecule has 1 atom stereocenters. The Morgan fingerprint density at radius 3 is 3.06 bits per heavy atom. The van der Waals surface area contributed by atoms with Crippen LogP contribution in [0.25, 0.3) is 0 Å². The normalized spacial score (nSPS) is 22.2. The summed E-state index contributed by atoms with van der Waals surface area (Å²) < 4.78 is 0. The zero-order chi connectivity index (χ0) is 12.3. The molecule has 17 heavy (non-hydrogen) atoms. The minimum absolute atomic E-state index is 0.534. The molecular formula is C13H24N4. The van der Waals surface area contributed by atoms with Crippen molar-refractivity contribution >= 4 is 0 Å². The van der Waals surface area contributed by atoms with Crippen LogP contribution in [0.3, 0.4) is 0 Å². The van der Waals surface area contributed by atoms with Gasteiger partial charge in [0.1, 0.15) is 5.82 Å². The maximum atomic E-state index is 4.47. The number of aromatic nitrogens is 2. The quantitative estimate of drug-likeness (QED) is 0.821. The first-order valence-electron chi connectivity index (χ1n) is 6.58. The van der Waals surface area contributed by atoms with Crippen molar-refractivity contribution in [2.75, 3.05) is 26.7 Å². The highest BCUT2D eigenvalue weighted by atomic mass is 15.2. The highest BCUT2D eigenvalue weighted by Gasteiger charge is 2.17. The van der Waals surface area contributed by atoms with Gasteiger partial charge in [0, 0.05) is 44.0 Å². The Morgan fingerprint density at radius 2 is 2.35 bits per heavy atom. The second kappa shape index (κ2) is 5.65. The number of hydrogen-bond acceptors (Lipinski definition) is 3. The molecular weight excluding hydrogens is 212 g/mol. The lowest BCUT2D eigenvalue weighted by molar-refractivity contribution is 0.236. The van der Waals surface area contributed by atoms with Crippen LogP contribution in [0, 0.1) is 5.92 Å². The van der Waals surface area contributed by atoms with Gasteiger partial charge in [0.2, 0.25) is 0 Å². The molecule has 0 aromatic carbocycles. The van der Waals surface area contributed by atoms with E-state index < -0.39 is 0 Å². The molecule has 0 spiro atoms. The van der Waals surface area contributed by atoms with Gasteiger partial charge >= 0.3 is 0 Å². The third-order valence-corrected chi connectivity index (χ3v) is 3.21. The molecule has 0 radical (unpaired) electrons. The number of nitrogens with zero attached hydrogens (tertiary/aromatic N) is 2. The Balaban J connectivity index is 1.87. The molecule has 0 saturated carbocycles. The van der Waals surface area contributed by atoms with E-state index in [2.05, 4.69) is 41.1 Å². The predicted molar refractivity (Wildman–Crippen MR) is 70.1 cm³/mol. The maximum Gasteiger partial charge on any atom is 0.107 e. The SMILES string of the molecule is CC(C)Cc1cnc(CC2CN(C)CCN2)[nH]1. The zero-order valence-electron chi connectivity index (χ0n) is 11.2. The van der Waals surface area contributed by atoms with E-state index >= 15 is 0 Å². The number of H-pyrrole nitrogens is 1. The molecule has 1 aliphatic rings. The van der Waals surface area contributed by atoms with Gasteiger partial charge in [0.15, 0.2) is 0 Å². The smallest absolute Gasteiger partial charge is 0.107 e. The van der Waals surface area contributed by atoms with Crippen molar-refractivity contribution in [3.05, 3.63) is 17.7 Å². The fourth-order valence-electron chi connectivity index (χ4n) is 2.41. The van der Waals surface area contributed by atoms with Crippen molar-refractivity contribution in [3.63, 3.8) is 0 Å². The number of imidazole rings is 1. The van der Waals surface area contributed by atoms with Crippen LogP contribution in [-0.2, 0) is 12.8 Å². The molecule has 1 unspecified atom stereocenters. The third kappa shape index (κ3) is 3.82. The Morgan fingerprint density at radius 1 is 1.53 bits per heavy atom. The van der Waals surface area contributed by atoms with Crippen molar-refractivity contribution in [2.24, 2.45) is 5.92 Å². The molecule has 1 aromatic rings. The van der Waals surface area contributed by atoms with Crippen molar-refractivity contribution in [1.82, 2.24) is 20.2 Å². The van der Waals surface area contributed by atoms with Crippen LogP contribution in [0.15, 0.2) is 6.20 Å². The zero-order valence-corrected chi connectivity index (χ0v) is 11.2. The first-order chi connectivity index (χ1) is 8.13. The predicted octanol–water partition coefficient (Wildman–Crippen LogP) is 1.05. The molecule has 2 heterocycles. The molecule has 0 amide bonds. The summed E-state index contributed by atoms with van der Waals surface area (Å²) in [5, 5.41) is 3.55. The number of rotatable bonds is 4. The molecule has 0 aliphatic carbocycles. The van der Waals surface area contributed by atoms with Crippen molar-refractivity contribution in [3.8, 4) is 0 Å². The lowest BCUT2D eigenvalue weighted by Crippen LogP contribution is -2.50. The summed E-state index contributed by atoms with van der Waals surface area (Å²) in [4.78, 5) is 10.3. The minimum Gasteiger partial charge on any atom is -0.346 e. The van der Waals surface area contributed by atoms with E-state index in [0.29, 0.717) is 12.0 Å². The average molecular weight is 236 g/mol. The van der Waals surface area contributed by atoms with Crippen LogP contribution in [0.4, 0.5) is 0 Å². The molecule has 4 nitrogen and oxygen atoms in total. The van der Waals surface area contributed by atoms with Gasteiger partial charge < -0.3 is 15.2 Å². The number of aromatic amines is 1. The molecule has 0 bridgehead atoms. The van der Waals surface area contributed by atoms with Gasteiger partial charge in [-0.05, 0) is 19.4 Å². The summed E-state index contributed by atoms with van der Waals surface area (Å²) in [6, 6.07) is 0.534. The molecule has 2 rings (SSSR count). The molecule has 1 saturated heterocycles. The van der Waals surface area contributed by atoms with Gasteiger partial charge in [-0.1, -0.05) is 13.8 Å². The molecule has 4 heteroatoms. The summed E-state index contributed by atoms with van der Waals surface area (Å²) >= 11 is 0. The summed E-state index contributed by atoms with van der Waals surface area (Å²) in [7, 11) is 2.18. The lowest BCUT2D eigenvalue weighted by Gasteiger charge is -2.30. The second-order valence-corrected chi connectivity index (χ2v) is 5.57. The van der Waals surface area contributed by atoms with E-state index in [1.165, 1.54) is 5.69 Å². The fourth-order valence-corrected chi connectivity index (χ4v) is 2.41. The minimum atomic E-state index is 0.534. The highest BCUT2D eigenvalue weighted by Crippen LogP contribution is 2.08. The van der Waals surface area contributed by atoms with Crippen LogP contribution < -0.4 is 5.32 Å². The van der Waals surface area contributed by atoms with E-state index in [1.807, 2.05) is 6.20 Å². The number of nitrogens with one attached hydrogen (secondary N) is 2. The van der Waals surface area contributed by atoms with E-state index in [1.54, 1.807) is 0 Å². The molecule has 96 valence electrons. The van der Waals surface area contributed by atoms with Crippen molar-refractivity contribution in [2.45, 2.75) is 32.7 Å². The van der Waals surface area contributed by atoms with Crippen LogP contribution in [-0.4, -0.2) is 47.6 Å². The largest absolute Gasteiger partial charge is 0.346 e. The fraction of sp³-hybridized carbons (Fsp3) is 0.769. The maximum absolute atomic E-state index is 4.47. The third-order valence-electron chi connectivity index (χ3n) is 3.21. The molecule has 2 N–H and O–H groups in total. The Labute approximate surface area is 104 Å². The lowest BCUT2D eigenvalue weighted by atomic mass is 10.1. The van der Waals surface area contributed by atoms with Crippen LogP contribution in [0.2, 0.25) is 0 Å². The Hall–Kier alpha value is -0.870. The summed E-state index contributed by atoms with van der Waals surface area (Å²) in [6.07, 6.45) is 4.08. The second-order valence-electron chi connectivity index (χ2n) is 5.57. The van der Waals surface area contributed by atoms with Crippen LogP contribution in [0.5, 0.6) is 0 Å². The van der Waals surface area contributed by atoms with E-state index in [0.717, 1.165) is 38.3 Å². The Bertz CT molecular complexity index is 345. The first kappa shape index (κ1) is 12.6. The summed E-state index contributed by atoms with van der Waals surface area (Å²) in [5.41, 5.74) is 1.26. The monoisotopic (exact) mass is 236 g/mol. The van der Waals surface area contributed by atoms with E-state index in [4.69, 9.17) is 0 Å². The number of hydrogen-bond donors (Lipinski definition) is 2. The van der Waals surface area contributed by atoms with Gasteiger partial charge in [-0.2, -0.15) is 0 Å². The first-order valence-corrected chi connectivity index (χ1v) is 6.58. The van der Waals surface area contributed by atoms with Crippen LogP contribution in [0.1, 0.15) is 25.4 Å². The highest BCUT2D eigenvalue weighted by molar-refractivity contribution is 5.03. The molecule has 1 aliphatic heterocycles. The van der Waals surface area contributed by atoms with Gasteiger partial charge in [-0.25, -0.2) is 4.98 Å². The molecule has 1 fully saturated rings. The van der Waals surface area contributed by atoms with Gasteiger partial charge in [-0.3, -0.25) is 0 Å². The molecule has 1 aromatic heterocycles. The topological polar surface area (TPSA) is 44.0 Å². The van der Waals surface area contributed by atoms with E-state index in [9.17, 15) is 0 Å². The number of likely N-dealkylation sites (N-methyl/N-ethyl adjacent to an activating group) is 1. The average Bonchev–Trinajstić information content (AvgIpc) is 2.64. The van der Waals surface area contributed by atoms with Gasteiger partial charge in [0.05, 0.1) is 0 Å².